The molecule has 0 aliphatic carbocycles. The van der Waals surface area contributed by atoms with Crippen molar-refractivity contribution in [1.29, 1.82) is 0 Å². The molecule has 2 atom stereocenters. The van der Waals surface area contributed by atoms with Gasteiger partial charge in [0.2, 0.25) is 0 Å². The number of hydrogen-bond donors (Lipinski definition) is 3. The zero-order chi connectivity index (χ0) is 32.3. The highest BCUT2D eigenvalue weighted by Gasteiger charge is 2.31. The molecule has 3 rings (SSSR count). The third-order valence-corrected chi connectivity index (χ3v) is 6.14. The summed E-state index contributed by atoms with van der Waals surface area (Å²) < 4.78 is 43.3. The largest absolute Gasteiger partial charge is 0.523 e. The van der Waals surface area contributed by atoms with E-state index in [1.54, 1.807) is 66.2 Å². The number of carboxylic acid groups (broad SMARTS) is 1. The van der Waals surface area contributed by atoms with Crippen LogP contribution in [0, 0.1) is 0 Å². The minimum absolute atomic E-state index is 0.243. The van der Waals surface area contributed by atoms with Crippen LogP contribution in [0.4, 0.5) is 13.2 Å². The standard InChI is InChI=1S/C28H26Cl2F3N3O5.C2H6/c1-3-18(7-4-16(2)41-28(31,32)33)23-13-24(20-10-21(29)12-22(30)11-20)36(35-23)15-17-5-8-19(9-6-17)26(38)34-14-25(37)27(39)40;1-2/h3-13,16,25,37H,14-15H2,1-2H3,(H,34,38)(H,39,40);1-2H3/b7-4-,18-3+;. The summed E-state index contributed by atoms with van der Waals surface area (Å²) in [7, 11) is 0. The molecule has 0 saturated carbocycles. The topological polar surface area (TPSA) is 114 Å². The molecule has 3 aromatic rings. The maximum Gasteiger partial charge on any atom is 0.523 e. The molecule has 0 bridgehead atoms. The molecule has 13 heteroatoms. The number of alkyl halides is 3. The molecule has 1 heterocycles. The summed E-state index contributed by atoms with van der Waals surface area (Å²) in [5, 5.41) is 25.9. The van der Waals surface area contributed by atoms with Gasteiger partial charge in [0.15, 0.2) is 6.10 Å². The lowest BCUT2D eigenvalue weighted by Gasteiger charge is -2.11. The van der Waals surface area contributed by atoms with Crippen molar-refractivity contribution in [3.8, 4) is 11.3 Å². The molecule has 0 fully saturated rings. The van der Waals surface area contributed by atoms with Crippen molar-refractivity contribution in [2.45, 2.75) is 52.8 Å². The molecule has 1 amide bonds. The van der Waals surface area contributed by atoms with Gasteiger partial charge in [-0.25, -0.2) is 4.79 Å². The Hall–Kier alpha value is -3.64. The van der Waals surface area contributed by atoms with Crippen LogP contribution in [-0.2, 0) is 16.1 Å². The van der Waals surface area contributed by atoms with Gasteiger partial charge in [-0.3, -0.25) is 14.2 Å². The zero-order valence-corrected chi connectivity index (χ0v) is 25.3. The summed E-state index contributed by atoms with van der Waals surface area (Å²) in [6, 6.07) is 13.2. The smallest absolute Gasteiger partial charge is 0.479 e. The number of aliphatic hydroxyl groups excluding tert-OH is 1. The summed E-state index contributed by atoms with van der Waals surface area (Å²) in [5.41, 5.74) is 3.31. The number of aromatic nitrogens is 2. The number of amides is 1. The quantitative estimate of drug-likeness (QED) is 0.194. The number of halogens is 5. The number of ether oxygens (including phenoxy) is 1. The van der Waals surface area contributed by atoms with E-state index >= 15 is 0 Å². The maximum atomic E-state index is 12.6. The predicted molar refractivity (Wildman–Crippen MR) is 160 cm³/mol. The van der Waals surface area contributed by atoms with Crippen molar-refractivity contribution in [3.63, 3.8) is 0 Å². The van der Waals surface area contributed by atoms with Gasteiger partial charge in [0, 0.05) is 21.2 Å². The Bertz CT molecular complexity index is 1430. The van der Waals surface area contributed by atoms with Gasteiger partial charge in [0.25, 0.3) is 5.91 Å². The fraction of sp³-hybridized carbons (Fsp3) is 0.300. The average Bonchev–Trinajstić information content (AvgIpc) is 3.35. The number of hydrogen-bond acceptors (Lipinski definition) is 5. The number of rotatable bonds is 11. The van der Waals surface area contributed by atoms with E-state index in [1.165, 1.54) is 19.1 Å². The van der Waals surface area contributed by atoms with Gasteiger partial charge >= 0.3 is 12.3 Å². The molecule has 232 valence electrons. The number of benzene rings is 2. The fourth-order valence-corrected chi connectivity index (χ4v) is 4.27. The lowest BCUT2D eigenvalue weighted by atomic mass is 10.1. The van der Waals surface area contributed by atoms with Gasteiger partial charge in [0.1, 0.15) is 0 Å². The second-order valence-electron chi connectivity index (χ2n) is 8.86. The molecule has 0 aliphatic rings. The number of nitrogens with zero attached hydrogens (tertiary/aromatic N) is 2. The second-order valence-corrected chi connectivity index (χ2v) is 9.74. The average molecular weight is 643 g/mol. The van der Waals surface area contributed by atoms with Crippen LogP contribution in [0.1, 0.15) is 49.3 Å². The van der Waals surface area contributed by atoms with Crippen molar-refractivity contribution >= 4 is 40.7 Å². The Morgan fingerprint density at radius 3 is 2.23 bits per heavy atom. The fourth-order valence-electron chi connectivity index (χ4n) is 3.74. The van der Waals surface area contributed by atoms with E-state index in [9.17, 15) is 27.9 Å². The molecular formula is C30H32Cl2F3N3O5. The highest BCUT2D eigenvalue weighted by atomic mass is 35.5. The Kier molecular flexibility index (Phi) is 13.5. The van der Waals surface area contributed by atoms with Crippen LogP contribution in [0.15, 0.2) is 66.8 Å². The minimum Gasteiger partial charge on any atom is -0.479 e. The van der Waals surface area contributed by atoms with Crippen LogP contribution in [0.2, 0.25) is 10.0 Å². The van der Waals surface area contributed by atoms with Crippen LogP contribution in [-0.4, -0.2) is 57.0 Å². The number of aliphatic carboxylic acids is 1. The van der Waals surface area contributed by atoms with E-state index in [0.29, 0.717) is 32.6 Å². The molecule has 8 nitrogen and oxygen atoms in total. The van der Waals surface area contributed by atoms with Gasteiger partial charge in [-0.2, -0.15) is 5.10 Å². The molecule has 43 heavy (non-hydrogen) atoms. The number of carbonyl (C=O) groups is 2. The number of carboxylic acids is 1. The van der Waals surface area contributed by atoms with Crippen molar-refractivity contribution in [1.82, 2.24) is 15.1 Å². The molecule has 2 aromatic carbocycles. The van der Waals surface area contributed by atoms with E-state index in [0.717, 1.165) is 5.56 Å². The van der Waals surface area contributed by atoms with Gasteiger partial charge in [-0.15, -0.1) is 13.2 Å². The monoisotopic (exact) mass is 641 g/mol. The third-order valence-electron chi connectivity index (χ3n) is 5.70. The maximum absolute atomic E-state index is 12.6. The molecule has 0 radical (unpaired) electrons. The van der Waals surface area contributed by atoms with Crippen molar-refractivity contribution in [2.75, 3.05) is 6.54 Å². The summed E-state index contributed by atoms with van der Waals surface area (Å²) in [6.07, 6.45) is -3.24. The summed E-state index contributed by atoms with van der Waals surface area (Å²) >= 11 is 12.5. The van der Waals surface area contributed by atoms with Gasteiger partial charge in [0.05, 0.1) is 30.6 Å². The highest BCUT2D eigenvalue weighted by Crippen LogP contribution is 2.30. The first-order valence-corrected chi connectivity index (χ1v) is 13.9. The van der Waals surface area contributed by atoms with Gasteiger partial charge in [-0.05, 0) is 61.4 Å². The van der Waals surface area contributed by atoms with E-state index in [-0.39, 0.29) is 12.1 Å². The van der Waals surface area contributed by atoms with E-state index < -0.39 is 37.0 Å². The van der Waals surface area contributed by atoms with Crippen LogP contribution in [0.25, 0.3) is 16.8 Å². The van der Waals surface area contributed by atoms with Crippen LogP contribution in [0.5, 0.6) is 0 Å². The second kappa shape index (κ2) is 16.3. The third kappa shape index (κ3) is 11.2. The van der Waals surface area contributed by atoms with E-state index in [2.05, 4.69) is 15.2 Å². The van der Waals surface area contributed by atoms with Gasteiger partial charge in [-0.1, -0.05) is 67.4 Å². The van der Waals surface area contributed by atoms with Crippen molar-refractivity contribution in [2.24, 2.45) is 0 Å². The van der Waals surface area contributed by atoms with Crippen LogP contribution >= 0.6 is 23.2 Å². The molecule has 0 saturated heterocycles. The van der Waals surface area contributed by atoms with E-state index in [1.807, 2.05) is 13.8 Å². The number of carbonyl (C=O) groups excluding carboxylic acids is 1. The Balaban J connectivity index is 0.00000316. The Morgan fingerprint density at radius 2 is 1.70 bits per heavy atom. The Labute approximate surface area is 257 Å². The molecule has 1 aromatic heterocycles. The summed E-state index contributed by atoms with van der Waals surface area (Å²) in [5.74, 6) is -2.00. The van der Waals surface area contributed by atoms with Crippen molar-refractivity contribution in [3.05, 3.63) is 93.6 Å². The lowest BCUT2D eigenvalue weighted by Crippen LogP contribution is -2.36. The number of aliphatic hydroxyl groups is 1. The zero-order valence-electron chi connectivity index (χ0n) is 23.8. The first kappa shape index (κ1) is 35.6. The summed E-state index contributed by atoms with van der Waals surface area (Å²) in [6.45, 7) is 6.80. The first-order chi connectivity index (χ1) is 20.3. The first-order valence-electron chi connectivity index (χ1n) is 13.2. The number of nitrogens with one attached hydrogen (secondary N) is 1. The normalized spacial score (nSPS) is 13.3. The molecule has 3 N–H and O–H groups in total. The SMILES string of the molecule is C/C=C(\C=C/C(C)OC(F)(F)F)c1cc(-c2cc(Cl)cc(Cl)c2)n(Cc2ccc(C(=O)NCC(O)C(=O)O)cc2)n1.CC. The van der Waals surface area contributed by atoms with Crippen LogP contribution < -0.4 is 5.32 Å². The number of allylic oxidation sites excluding steroid dienone is 3. The predicted octanol–water partition coefficient (Wildman–Crippen LogP) is 6.99. The lowest BCUT2D eigenvalue weighted by molar-refractivity contribution is -0.334. The highest BCUT2D eigenvalue weighted by molar-refractivity contribution is 6.35. The molecule has 2 unspecified atom stereocenters. The van der Waals surface area contributed by atoms with Crippen molar-refractivity contribution < 1.29 is 37.7 Å². The summed E-state index contributed by atoms with van der Waals surface area (Å²) in [4.78, 5) is 23.0. The molecular weight excluding hydrogens is 610 g/mol. The van der Waals surface area contributed by atoms with Gasteiger partial charge < -0.3 is 15.5 Å². The van der Waals surface area contributed by atoms with E-state index in [4.69, 9.17) is 28.3 Å². The molecule has 0 aliphatic heterocycles. The molecule has 0 spiro atoms. The van der Waals surface area contributed by atoms with Crippen LogP contribution in [0.3, 0.4) is 0 Å². The minimum atomic E-state index is -4.77. The Morgan fingerprint density at radius 1 is 1.09 bits per heavy atom.